The van der Waals surface area contributed by atoms with Crippen LogP contribution >= 0.6 is 0 Å². The molecule has 0 fully saturated rings. The van der Waals surface area contributed by atoms with Crippen molar-refractivity contribution >= 4 is 0 Å². The molecule has 0 spiro atoms. The molecule has 0 amide bonds. The first-order valence-corrected chi connectivity index (χ1v) is 8.24. The molecule has 2 nitrogen and oxygen atoms in total. The molecular weight excluding hydrogens is 282 g/mol. The van der Waals surface area contributed by atoms with Crippen LogP contribution in [0, 0.1) is 5.41 Å². The molecule has 0 bridgehead atoms. The molecule has 1 atom stereocenters. The Hall–Kier alpha value is -1.64. The largest absolute Gasteiger partial charge is 0.313 e. The zero-order valence-electron chi connectivity index (χ0n) is 15.2. The molecule has 2 rings (SSSR count). The third kappa shape index (κ3) is 4.21. The first kappa shape index (κ1) is 17.7. The Labute approximate surface area is 140 Å². The lowest BCUT2D eigenvalue weighted by molar-refractivity contribution is -0.211. The highest BCUT2D eigenvalue weighted by molar-refractivity contribution is 5.63. The molecular formula is C21H29NO. The number of nitrogens with zero attached hydrogens (tertiary/aromatic N) is 1. The van der Waals surface area contributed by atoms with Gasteiger partial charge < -0.3 is 5.21 Å². The van der Waals surface area contributed by atoms with Crippen molar-refractivity contribution in [1.82, 2.24) is 5.06 Å². The van der Waals surface area contributed by atoms with E-state index in [-0.39, 0.29) is 17.0 Å². The Morgan fingerprint density at radius 3 is 1.65 bits per heavy atom. The van der Waals surface area contributed by atoms with Crippen LogP contribution in [0.3, 0.4) is 0 Å². The third-order valence-electron chi connectivity index (χ3n) is 4.09. The predicted octanol–water partition coefficient (Wildman–Crippen LogP) is 5.93. The van der Waals surface area contributed by atoms with Gasteiger partial charge in [-0.1, -0.05) is 75.4 Å². The van der Waals surface area contributed by atoms with Crippen molar-refractivity contribution < 1.29 is 5.21 Å². The number of benzene rings is 2. The summed E-state index contributed by atoms with van der Waals surface area (Å²) >= 11 is 0. The predicted molar refractivity (Wildman–Crippen MR) is 97.5 cm³/mol. The molecule has 0 aliphatic carbocycles. The second-order valence-electron chi connectivity index (χ2n) is 8.27. The van der Waals surface area contributed by atoms with Crippen LogP contribution in [0.5, 0.6) is 0 Å². The van der Waals surface area contributed by atoms with Gasteiger partial charge >= 0.3 is 0 Å². The van der Waals surface area contributed by atoms with E-state index in [1.165, 1.54) is 16.2 Å². The van der Waals surface area contributed by atoms with Crippen LogP contribution < -0.4 is 0 Å². The van der Waals surface area contributed by atoms with Crippen LogP contribution in [0.15, 0.2) is 54.6 Å². The highest BCUT2D eigenvalue weighted by Gasteiger charge is 2.36. The van der Waals surface area contributed by atoms with Crippen molar-refractivity contribution in [3.63, 3.8) is 0 Å². The molecule has 2 heteroatoms. The lowest BCUT2D eigenvalue weighted by atomic mass is 9.80. The van der Waals surface area contributed by atoms with Crippen LogP contribution in [0.2, 0.25) is 0 Å². The van der Waals surface area contributed by atoms with E-state index in [0.717, 1.165) is 5.56 Å². The zero-order valence-corrected chi connectivity index (χ0v) is 15.2. The summed E-state index contributed by atoms with van der Waals surface area (Å²) in [6.45, 7) is 12.6. The summed E-state index contributed by atoms with van der Waals surface area (Å²) in [4.78, 5) is 0. The summed E-state index contributed by atoms with van der Waals surface area (Å²) in [7, 11) is 0. The minimum atomic E-state index is -0.309. The van der Waals surface area contributed by atoms with Crippen LogP contribution in [0.4, 0.5) is 0 Å². The minimum absolute atomic E-state index is 0.0627. The van der Waals surface area contributed by atoms with Crippen molar-refractivity contribution in [1.29, 1.82) is 0 Å². The highest BCUT2D eigenvalue weighted by atomic mass is 16.5. The van der Waals surface area contributed by atoms with E-state index in [1.54, 1.807) is 0 Å². The van der Waals surface area contributed by atoms with Crippen LogP contribution in [0.1, 0.15) is 53.1 Å². The lowest BCUT2D eigenvalue weighted by Gasteiger charge is -2.43. The number of rotatable bonds is 3. The molecule has 0 aliphatic rings. The molecule has 0 heterocycles. The van der Waals surface area contributed by atoms with E-state index in [4.69, 9.17) is 0 Å². The van der Waals surface area contributed by atoms with Crippen molar-refractivity contribution in [3.05, 3.63) is 60.2 Å². The zero-order chi connectivity index (χ0) is 17.3. The molecule has 2 aromatic carbocycles. The van der Waals surface area contributed by atoms with Crippen molar-refractivity contribution in [2.24, 2.45) is 5.41 Å². The molecule has 124 valence electrons. The van der Waals surface area contributed by atoms with Gasteiger partial charge in [0.25, 0.3) is 0 Å². The SMILES string of the molecule is CC(C)(C)C(c1ccc(-c2ccccc2)cc1)N(O)C(C)(C)C. The lowest BCUT2D eigenvalue weighted by Crippen LogP contribution is -2.45. The monoisotopic (exact) mass is 311 g/mol. The average Bonchev–Trinajstić information content (AvgIpc) is 2.46. The van der Waals surface area contributed by atoms with Gasteiger partial charge in [0.2, 0.25) is 0 Å². The summed E-state index contributed by atoms with van der Waals surface area (Å²) in [5, 5.41) is 12.2. The van der Waals surface area contributed by atoms with E-state index in [1.807, 2.05) is 26.8 Å². The fourth-order valence-electron chi connectivity index (χ4n) is 2.88. The smallest absolute Gasteiger partial charge is 0.0653 e. The maximum Gasteiger partial charge on any atom is 0.0653 e. The molecule has 0 aliphatic heterocycles. The molecule has 0 radical (unpaired) electrons. The molecule has 23 heavy (non-hydrogen) atoms. The van der Waals surface area contributed by atoms with Gasteiger partial charge in [-0.2, -0.15) is 5.06 Å². The number of hydroxylamine groups is 2. The Morgan fingerprint density at radius 1 is 0.739 bits per heavy atom. The fourth-order valence-corrected chi connectivity index (χ4v) is 2.88. The van der Waals surface area contributed by atoms with Crippen LogP contribution in [-0.4, -0.2) is 15.8 Å². The summed E-state index contributed by atoms with van der Waals surface area (Å²) in [6, 6.07) is 18.8. The van der Waals surface area contributed by atoms with Gasteiger partial charge in [-0.15, -0.1) is 0 Å². The Morgan fingerprint density at radius 2 is 1.22 bits per heavy atom. The van der Waals surface area contributed by atoms with E-state index >= 15 is 0 Å². The van der Waals surface area contributed by atoms with E-state index < -0.39 is 0 Å². The molecule has 0 saturated carbocycles. The Kier molecular flexibility index (Phi) is 4.98. The normalized spacial score (nSPS) is 14.1. The quantitative estimate of drug-likeness (QED) is 0.710. The van der Waals surface area contributed by atoms with Gasteiger partial charge in [0, 0.05) is 5.54 Å². The maximum atomic E-state index is 10.8. The highest BCUT2D eigenvalue weighted by Crippen LogP contribution is 2.40. The van der Waals surface area contributed by atoms with Gasteiger partial charge in [-0.3, -0.25) is 0 Å². The van der Waals surface area contributed by atoms with Crippen LogP contribution in [0.25, 0.3) is 11.1 Å². The van der Waals surface area contributed by atoms with E-state index in [9.17, 15) is 5.21 Å². The summed E-state index contributed by atoms with van der Waals surface area (Å²) in [5.41, 5.74) is 3.16. The molecule has 1 unspecified atom stereocenters. The average molecular weight is 311 g/mol. The second-order valence-corrected chi connectivity index (χ2v) is 8.27. The Bertz CT molecular complexity index is 618. The van der Waals surface area contributed by atoms with Crippen molar-refractivity contribution in [2.75, 3.05) is 0 Å². The van der Waals surface area contributed by atoms with Gasteiger partial charge in [0.05, 0.1) is 6.04 Å². The number of hydrogen-bond donors (Lipinski definition) is 1. The van der Waals surface area contributed by atoms with E-state index in [0.29, 0.717) is 0 Å². The van der Waals surface area contributed by atoms with Gasteiger partial charge in [0.1, 0.15) is 0 Å². The summed E-state index contributed by atoms with van der Waals surface area (Å²) in [5.74, 6) is 0. The molecule has 0 aromatic heterocycles. The van der Waals surface area contributed by atoms with Crippen molar-refractivity contribution in [2.45, 2.75) is 53.1 Å². The van der Waals surface area contributed by atoms with Gasteiger partial charge in [-0.25, -0.2) is 0 Å². The van der Waals surface area contributed by atoms with Crippen molar-refractivity contribution in [3.8, 4) is 11.1 Å². The Balaban J connectivity index is 2.38. The summed E-state index contributed by atoms with van der Waals surface area (Å²) < 4.78 is 0. The second kappa shape index (κ2) is 6.46. The molecule has 0 saturated heterocycles. The minimum Gasteiger partial charge on any atom is -0.313 e. The molecule has 2 aromatic rings. The van der Waals surface area contributed by atoms with E-state index in [2.05, 4.69) is 69.3 Å². The molecule has 1 N–H and O–H groups in total. The topological polar surface area (TPSA) is 23.5 Å². The van der Waals surface area contributed by atoms with Crippen LogP contribution in [-0.2, 0) is 0 Å². The maximum absolute atomic E-state index is 10.8. The number of hydrogen-bond acceptors (Lipinski definition) is 2. The first-order valence-electron chi connectivity index (χ1n) is 8.24. The van der Waals surface area contributed by atoms with Gasteiger partial charge in [0.15, 0.2) is 0 Å². The summed E-state index contributed by atoms with van der Waals surface area (Å²) in [6.07, 6.45) is 0. The standard InChI is InChI=1S/C21H29NO/c1-20(2,3)19(22(23)21(4,5)6)18-14-12-17(13-15-18)16-10-8-7-9-11-16/h7-15,19,23H,1-6H3. The van der Waals surface area contributed by atoms with Gasteiger partial charge in [-0.05, 0) is 42.9 Å². The third-order valence-corrected chi connectivity index (χ3v) is 4.09. The first-order chi connectivity index (χ1) is 10.6. The fraction of sp³-hybridized carbons (Fsp3) is 0.429.